The van der Waals surface area contributed by atoms with Crippen LogP contribution in [-0.4, -0.2) is 64.4 Å². The number of aromatic amines is 1. The smallest absolute Gasteiger partial charge is 0.175 e. The maximum Gasteiger partial charge on any atom is 0.175 e. The largest absolute Gasteiger partial charge is 0.387 e. The fraction of sp³-hybridized carbons (Fsp3) is 0.571. The molecule has 0 unspecified atom stereocenters. The maximum absolute atomic E-state index is 8.60. The number of amidine groups is 2. The minimum atomic E-state index is 0.324. The number of piperazine rings is 1. The Morgan fingerprint density at radius 2 is 2.23 bits per heavy atom. The molecule has 2 rings (SSSR count). The standard InChI is InChI=1S/C14H22N8/c1-11-9-14(20-19-11)18-12(16)10-13(17)22-7-5-21(6-8-22)4-2-3-15/h9,17H,2,4-8,10H2,1H3,(H3,16,18,19,20). The number of nitrogens with one attached hydrogen (secondary N) is 2. The summed E-state index contributed by atoms with van der Waals surface area (Å²) in [6.07, 6.45) is 0.879. The van der Waals surface area contributed by atoms with Crippen molar-refractivity contribution in [2.45, 2.75) is 19.8 Å². The molecule has 8 nitrogen and oxygen atoms in total. The number of nitrogens with zero attached hydrogens (tertiary/aromatic N) is 5. The van der Waals surface area contributed by atoms with E-state index in [-0.39, 0.29) is 0 Å². The van der Waals surface area contributed by atoms with Crippen molar-refractivity contribution in [2.75, 3.05) is 32.7 Å². The van der Waals surface area contributed by atoms with Gasteiger partial charge in [-0.15, -0.1) is 0 Å². The predicted octanol–water partition coefficient (Wildman–Crippen LogP) is 0.605. The van der Waals surface area contributed by atoms with E-state index in [1.807, 2.05) is 17.9 Å². The lowest BCUT2D eigenvalue weighted by Gasteiger charge is -2.35. The Balaban J connectivity index is 1.80. The van der Waals surface area contributed by atoms with Crippen molar-refractivity contribution < 1.29 is 0 Å². The van der Waals surface area contributed by atoms with E-state index in [4.69, 9.17) is 16.4 Å². The summed E-state index contributed by atoms with van der Waals surface area (Å²) in [6, 6.07) is 3.97. The molecule has 1 aromatic heterocycles. The zero-order valence-corrected chi connectivity index (χ0v) is 12.8. The number of aryl methyl sites for hydroxylation is 1. The first-order valence-corrected chi connectivity index (χ1v) is 7.35. The van der Waals surface area contributed by atoms with Gasteiger partial charge in [0.15, 0.2) is 5.82 Å². The molecule has 1 saturated heterocycles. The zero-order valence-electron chi connectivity index (χ0n) is 12.8. The predicted molar refractivity (Wildman–Crippen MR) is 85.2 cm³/mol. The molecule has 0 aromatic carbocycles. The molecule has 1 fully saturated rings. The van der Waals surface area contributed by atoms with Crippen LogP contribution in [0.4, 0.5) is 5.82 Å². The van der Waals surface area contributed by atoms with Gasteiger partial charge in [0.05, 0.1) is 12.5 Å². The minimum Gasteiger partial charge on any atom is -0.387 e. The quantitative estimate of drug-likeness (QED) is 0.543. The van der Waals surface area contributed by atoms with Crippen molar-refractivity contribution in [1.82, 2.24) is 20.0 Å². The average Bonchev–Trinajstić information content (AvgIpc) is 2.90. The van der Waals surface area contributed by atoms with Crippen molar-refractivity contribution in [3.05, 3.63) is 11.8 Å². The lowest BCUT2D eigenvalue weighted by atomic mass is 10.2. The van der Waals surface area contributed by atoms with Gasteiger partial charge in [-0.05, 0) is 6.92 Å². The fourth-order valence-electron chi connectivity index (χ4n) is 2.38. The molecule has 0 saturated carbocycles. The summed E-state index contributed by atoms with van der Waals surface area (Å²) in [5.41, 5.74) is 6.82. The van der Waals surface area contributed by atoms with E-state index in [9.17, 15) is 0 Å². The molecule has 4 N–H and O–H groups in total. The van der Waals surface area contributed by atoms with Crippen LogP contribution in [0.1, 0.15) is 18.5 Å². The van der Waals surface area contributed by atoms with Gasteiger partial charge in [0.25, 0.3) is 0 Å². The van der Waals surface area contributed by atoms with Crippen molar-refractivity contribution in [2.24, 2.45) is 10.7 Å². The summed E-state index contributed by atoms with van der Waals surface area (Å²) in [5.74, 6) is 1.42. The Kier molecular flexibility index (Phi) is 5.49. The van der Waals surface area contributed by atoms with Crippen molar-refractivity contribution in [1.29, 1.82) is 10.7 Å². The van der Waals surface area contributed by atoms with Gasteiger partial charge in [-0.3, -0.25) is 15.4 Å². The van der Waals surface area contributed by atoms with Crippen LogP contribution in [0, 0.1) is 23.7 Å². The van der Waals surface area contributed by atoms with Crippen LogP contribution >= 0.6 is 0 Å². The number of hydrogen-bond donors (Lipinski definition) is 3. The number of aliphatic imine (C=N–C) groups is 1. The van der Waals surface area contributed by atoms with Crippen LogP contribution in [0.25, 0.3) is 0 Å². The molecule has 1 aromatic rings. The molecule has 1 aliphatic heterocycles. The van der Waals surface area contributed by atoms with E-state index in [1.165, 1.54) is 0 Å². The van der Waals surface area contributed by atoms with Gasteiger partial charge < -0.3 is 10.6 Å². The molecule has 118 valence electrons. The molecule has 0 bridgehead atoms. The van der Waals surface area contributed by atoms with Crippen molar-refractivity contribution in [3.8, 4) is 6.07 Å². The lowest BCUT2D eigenvalue weighted by molar-refractivity contribution is 0.184. The highest BCUT2D eigenvalue weighted by Crippen LogP contribution is 2.09. The Bertz CT molecular complexity index is 574. The second kappa shape index (κ2) is 7.56. The van der Waals surface area contributed by atoms with Crippen molar-refractivity contribution in [3.63, 3.8) is 0 Å². The van der Waals surface area contributed by atoms with E-state index in [0.717, 1.165) is 38.4 Å². The normalized spacial score (nSPS) is 16.5. The van der Waals surface area contributed by atoms with Gasteiger partial charge in [-0.25, -0.2) is 4.99 Å². The maximum atomic E-state index is 8.60. The third kappa shape index (κ3) is 4.56. The third-order valence-electron chi connectivity index (χ3n) is 3.59. The van der Waals surface area contributed by atoms with Gasteiger partial charge in [0, 0.05) is 50.9 Å². The van der Waals surface area contributed by atoms with E-state index in [2.05, 4.69) is 26.2 Å². The van der Waals surface area contributed by atoms with Crippen LogP contribution in [0.2, 0.25) is 0 Å². The molecule has 0 amide bonds. The molecule has 0 atom stereocenters. The van der Waals surface area contributed by atoms with E-state index >= 15 is 0 Å². The zero-order chi connectivity index (χ0) is 15.9. The topological polar surface area (TPSA) is 121 Å². The SMILES string of the molecule is Cc1cc(N=C(N)CC(=N)N2CCN(CCC#N)CC2)n[nH]1. The summed E-state index contributed by atoms with van der Waals surface area (Å²) in [6.45, 7) is 6.03. The molecular weight excluding hydrogens is 280 g/mol. The number of H-pyrrole nitrogens is 1. The minimum absolute atomic E-state index is 0.324. The second-order valence-electron chi connectivity index (χ2n) is 5.37. The highest BCUT2D eigenvalue weighted by atomic mass is 15.3. The van der Waals surface area contributed by atoms with Crippen LogP contribution in [0.3, 0.4) is 0 Å². The highest BCUT2D eigenvalue weighted by molar-refractivity contribution is 6.01. The van der Waals surface area contributed by atoms with Gasteiger partial charge in [-0.1, -0.05) is 0 Å². The molecule has 8 heteroatoms. The Morgan fingerprint density at radius 3 is 2.82 bits per heavy atom. The first-order chi connectivity index (χ1) is 10.6. The fourth-order valence-corrected chi connectivity index (χ4v) is 2.38. The Hall–Kier alpha value is -2.40. The molecule has 0 aliphatic carbocycles. The van der Waals surface area contributed by atoms with Crippen LogP contribution < -0.4 is 5.73 Å². The van der Waals surface area contributed by atoms with E-state index in [0.29, 0.717) is 30.3 Å². The van der Waals surface area contributed by atoms with Crippen LogP contribution in [0.5, 0.6) is 0 Å². The molecular formula is C14H22N8. The van der Waals surface area contributed by atoms with Gasteiger partial charge in [-0.2, -0.15) is 10.4 Å². The Labute approximate surface area is 130 Å². The highest BCUT2D eigenvalue weighted by Gasteiger charge is 2.19. The van der Waals surface area contributed by atoms with Gasteiger partial charge >= 0.3 is 0 Å². The van der Waals surface area contributed by atoms with Crippen LogP contribution in [-0.2, 0) is 0 Å². The molecule has 1 aliphatic rings. The lowest BCUT2D eigenvalue weighted by Crippen LogP contribution is -2.49. The monoisotopic (exact) mass is 302 g/mol. The average molecular weight is 302 g/mol. The van der Waals surface area contributed by atoms with E-state index < -0.39 is 0 Å². The molecule has 0 radical (unpaired) electrons. The van der Waals surface area contributed by atoms with Crippen LogP contribution in [0.15, 0.2) is 11.1 Å². The summed E-state index contributed by atoms with van der Waals surface area (Å²) in [7, 11) is 0. The summed E-state index contributed by atoms with van der Waals surface area (Å²) < 4.78 is 0. The number of nitriles is 1. The second-order valence-corrected chi connectivity index (χ2v) is 5.37. The number of nitrogens with two attached hydrogens (primary N) is 1. The first kappa shape index (κ1) is 16.0. The number of aromatic nitrogens is 2. The Morgan fingerprint density at radius 1 is 1.50 bits per heavy atom. The van der Waals surface area contributed by atoms with Gasteiger partial charge in [0.1, 0.15) is 11.7 Å². The third-order valence-corrected chi connectivity index (χ3v) is 3.59. The molecule has 0 spiro atoms. The summed E-state index contributed by atoms with van der Waals surface area (Å²) in [4.78, 5) is 8.47. The van der Waals surface area contributed by atoms with Gasteiger partial charge in [0.2, 0.25) is 0 Å². The number of rotatable bonds is 5. The van der Waals surface area contributed by atoms with E-state index in [1.54, 1.807) is 0 Å². The molecule has 2 heterocycles. The summed E-state index contributed by atoms with van der Waals surface area (Å²) in [5, 5.41) is 23.6. The van der Waals surface area contributed by atoms with Crippen molar-refractivity contribution >= 4 is 17.5 Å². The number of hydrogen-bond acceptors (Lipinski definition) is 5. The molecule has 22 heavy (non-hydrogen) atoms. The first-order valence-electron chi connectivity index (χ1n) is 7.35. The summed E-state index contributed by atoms with van der Waals surface area (Å²) >= 11 is 0.